The summed E-state index contributed by atoms with van der Waals surface area (Å²) in [7, 11) is -3.60. The van der Waals surface area contributed by atoms with Crippen molar-refractivity contribution in [1.82, 2.24) is 14.2 Å². The molecule has 1 fully saturated rings. The maximum atomic E-state index is 13.1. The van der Waals surface area contributed by atoms with Gasteiger partial charge in [0.2, 0.25) is 16.4 Å². The number of fused-ring (bicyclic) bond motifs is 4. The third kappa shape index (κ3) is 2.23. The van der Waals surface area contributed by atoms with Crippen molar-refractivity contribution in [3.05, 3.63) is 23.8 Å². The number of rotatable bonds is 3. The van der Waals surface area contributed by atoms with Crippen molar-refractivity contribution in [3.8, 4) is 10.4 Å². The molecule has 2 bridgehead atoms. The number of carbonyl (C=O) groups is 1. The van der Waals surface area contributed by atoms with Gasteiger partial charge in [0.25, 0.3) is 0 Å². The summed E-state index contributed by atoms with van der Waals surface area (Å²) in [5.74, 6) is 0. The standard InChI is InChI=1S/C14H14N4O3S2/c19-9-17-3-5-18(6-4-17)23(20,21)14-12-8-22-13(14)10-1-2-15-7-11(10)16-12/h1-2,7-9,16H,3-6H2. The van der Waals surface area contributed by atoms with Crippen LogP contribution in [-0.2, 0) is 14.8 Å². The Hall–Kier alpha value is -1.97. The Kier molecular flexibility index (Phi) is 3.36. The predicted molar refractivity (Wildman–Crippen MR) is 87.2 cm³/mol. The molecular formula is C14H14N4O3S2. The van der Waals surface area contributed by atoms with Gasteiger partial charge in [-0.05, 0) is 6.07 Å². The van der Waals surface area contributed by atoms with E-state index in [2.05, 4.69) is 10.3 Å². The van der Waals surface area contributed by atoms with Crippen LogP contribution in [0.5, 0.6) is 0 Å². The smallest absolute Gasteiger partial charge is 0.246 e. The van der Waals surface area contributed by atoms with Crippen LogP contribution in [0.4, 0.5) is 11.4 Å². The highest BCUT2D eigenvalue weighted by Gasteiger charge is 2.36. The Balaban J connectivity index is 1.74. The first kappa shape index (κ1) is 14.6. The van der Waals surface area contributed by atoms with Gasteiger partial charge in [-0.3, -0.25) is 9.78 Å². The Morgan fingerprint density at radius 1 is 1.22 bits per heavy atom. The van der Waals surface area contributed by atoms with Crippen LogP contribution >= 0.6 is 11.3 Å². The fourth-order valence-electron chi connectivity index (χ4n) is 2.89. The van der Waals surface area contributed by atoms with Crippen molar-refractivity contribution < 1.29 is 13.2 Å². The molecule has 1 N–H and O–H groups in total. The van der Waals surface area contributed by atoms with Gasteiger partial charge >= 0.3 is 0 Å². The molecule has 0 aromatic carbocycles. The highest BCUT2D eigenvalue weighted by atomic mass is 32.2. The molecule has 2 aliphatic heterocycles. The van der Waals surface area contributed by atoms with E-state index >= 15 is 0 Å². The third-order valence-corrected chi connectivity index (χ3v) is 7.23. The average molecular weight is 350 g/mol. The lowest BCUT2D eigenvalue weighted by Crippen LogP contribution is -2.48. The zero-order chi connectivity index (χ0) is 16.0. The van der Waals surface area contributed by atoms with Crippen LogP contribution in [0.3, 0.4) is 0 Å². The minimum atomic E-state index is -3.60. The topological polar surface area (TPSA) is 82.6 Å². The summed E-state index contributed by atoms with van der Waals surface area (Å²) in [5, 5.41) is 4.97. The molecule has 23 heavy (non-hydrogen) atoms. The fourth-order valence-corrected chi connectivity index (χ4v) is 5.99. The van der Waals surface area contributed by atoms with Gasteiger partial charge in [0, 0.05) is 43.3 Å². The first-order chi connectivity index (χ1) is 11.1. The van der Waals surface area contributed by atoms with Crippen molar-refractivity contribution in [1.29, 1.82) is 0 Å². The zero-order valence-corrected chi connectivity index (χ0v) is 13.7. The number of thiophene rings is 1. The summed E-state index contributed by atoms with van der Waals surface area (Å²) >= 11 is 1.41. The molecule has 4 heterocycles. The molecule has 7 nitrogen and oxygen atoms in total. The van der Waals surface area contributed by atoms with Gasteiger partial charge in [-0.15, -0.1) is 11.3 Å². The number of carbonyl (C=O) groups excluding carboxylic acids is 1. The number of amides is 1. The number of hydrogen-bond acceptors (Lipinski definition) is 6. The average Bonchev–Trinajstić information content (AvgIpc) is 2.91. The van der Waals surface area contributed by atoms with Gasteiger partial charge in [-0.25, -0.2) is 8.42 Å². The van der Waals surface area contributed by atoms with Crippen molar-refractivity contribution in [2.24, 2.45) is 0 Å². The van der Waals surface area contributed by atoms with Gasteiger partial charge < -0.3 is 10.2 Å². The molecule has 2 aromatic rings. The lowest BCUT2D eigenvalue weighted by molar-refractivity contribution is -0.119. The second kappa shape index (κ2) is 5.29. The zero-order valence-electron chi connectivity index (χ0n) is 12.1. The highest BCUT2D eigenvalue weighted by molar-refractivity contribution is 7.89. The number of anilines is 2. The fraction of sp³-hybridized carbons (Fsp3) is 0.286. The van der Waals surface area contributed by atoms with Crippen LogP contribution in [0.15, 0.2) is 28.7 Å². The van der Waals surface area contributed by atoms with Crippen LogP contribution in [0.25, 0.3) is 10.4 Å². The largest absolute Gasteiger partial charge is 0.352 e. The molecule has 9 heteroatoms. The molecule has 0 saturated carbocycles. The second-order valence-corrected chi connectivity index (χ2v) is 8.15. The Morgan fingerprint density at radius 3 is 2.74 bits per heavy atom. The Bertz CT molecular complexity index is 870. The van der Waals surface area contributed by atoms with E-state index in [1.54, 1.807) is 17.3 Å². The summed E-state index contributed by atoms with van der Waals surface area (Å²) in [4.78, 5) is 17.5. The molecule has 0 unspecified atom stereocenters. The van der Waals surface area contributed by atoms with E-state index in [4.69, 9.17) is 0 Å². The van der Waals surface area contributed by atoms with Gasteiger partial charge in [0.15, 0.2) is 0 Å². The van der Waals surface area contributed by atoms with Gasteiger partial charge in [0.1, 0.15) is 4.90 Å². The van der Waals surface area contributed by atoms with Crippen LogP contribution in [0, 0.1) is 0 Å². The molecule has 0 atom stereocenters. The number of pyridine rings is 1. The Labute approximate surface area is 137 Å². The van der Waals surface area contributed by atoms with E-state index < -0.39 is 10.0 Å². The molecule has 120 valence electrons. The summed E-state index contributed by atoms with van der Waals surface area (Å²) in [5.41, 5.74) is 2.28. The number of hydrogen-bond donors (Lipinski definition) is 1. The van der Waals surface area contributed by atoms with Gasteiger partial charge in [0.05, 0.1) is 22.4 Å². The van der Waals surface area contributed by atoms with E-state index in [1.807, 2.05) is 11.4 Å². The number of nitrogens with zero attached hydrogens (tertiary/aromatic N) is 3. The molecule has 2 aromatic heterocycles. The van der Waals surface area contributed by atoms with E-state index in [0.29, 0.717) is 36.8 Å². The molecule has 0 radical (unpaired) electrons. The summed E-state index contributed by atoms with van der Waals surface area (Å²) in [6, 6.07) is 1.82. The third-order valence-electron chi connectivity index (χ3n) is 4.10. The predicted octanol–water partition coefficient (Wildman–Crippen LogP) is 1.33. The molecule has 1 saturated heterocycles. The summed E-state index contributed by atoms with van der Waals surface area (Å²) in [6.45, 7) is 1.48. The maximum absolute atomic E-state index is 13.1. The van der Waals surface area contributed by atoms with Crippen molar-refractivity contribution >= 4 is 39.1 Å². The van der Waals surface area contributed by atoms with E-state index in [1.165, 1.54) is 15.6 Å². The number of piperazine rings is 1. The molecule has 0 aliphatic carbocycles. The monoisotopic (exact) mass is 350 g/mol. The quantitative estimate of drug-likeness (QED) is 0.721. The van der Waals surface area contributed by atoms with Gasteiger partial charge in [-0.2, -0.15) is 4.31 Å². The van der Waals surface area contributed by atoms with Crippen LogP contribution in [-0.4, -0.2) is 55.2 Å². The van der Waals surface area contributed by atoms with E-state index in [-0.39, 0.29) is 0 Å². The molecule has 2 aliphatic rings. The summed E-state index contributed by atoms with van der Waals surface area (Å²) < 4.78 is 27.6. The second-order valence-electron chi connectivity index (χ2n) is 5.40. The number of aromatic nitrogens is 1. The van der Waals surface area contributed by atoms with Crippen LogP contribution < -0.4 is 5.32 Å². The SMILES string of the molecule is O=CN1CCN(S(=O)(=O)c2c3csc2-c2ccncc2N3)CC1. The number of nitrogens with one attached hydrogen (secondary N) is 1. The van der Waals surface area contributed by atoms with Crippen molar-refractivity contribution in [2.45, 2.75) is 4.90 Å². The normalized spacial score (nSPS) is 17.5. The molecule has 0 spiro atoms. The van der Waals surface area contributed by atoms with E-state index in [0.717, 1.165) is 22.5 Å². The van der Waals surface area contributed by atoms with Crippen LogP contribution in [0.2, 0.25) is 0 Å². The molecule has 1 amide bonds. The molecular weight excluding hydrogens is 336 g/mol. The summed E-state index contributed by atoms with van der Waals surface area (Å²) in [6.07, 6.45) is 4.12. The Morgan fingerprint density at radius 2 is 2.00 bits per heavy atom. The maximum Gasteiger partial charge on any atom is 0.246 e. The minimum Gasteiger partial charge on any atom is -0.352 e. The minimum absolute atomic E-state index is 0.318. The first-order valence-electron chi connectivity index (χ1n) is 7.13. The molecule has 4 rings (SSSR count). The van der Waals surface area contributed by atoms with Crippen molar-refractivity contribution in [3.63, 3.8) is 0 Å². The van der Waals surface area contributed by atoms with E-state index in [9.17, 15) is 13.2 Å². The highest BCUT2D eigenvalue weighted by Crippen LogP contribution is 2.48. The van der Waals surface area contributed by atoms with Crippen molar-refractivity contribution in [2.75, 3.05) is 31.5 Å². The van der Waals surface area contributed by atoms with Crippen LogP contribution in [0.1, 0.15) is 0 Å². The van der Waals surface area contributed by atoms with Gasteiger partial charge in [-0.1, -0.05) is 0 Å². The number of sulfonamides is 1. The first-order valence-corrected chi connectivity index (χ1v) is 9.45. The lowest BCUT2D eigenvalue weighted by Gasteiger charge is -2.32. The lowest BCUT2D eigenvalue weighted by atomic mass is 10.1.